The Morgan fingerprint density at radius 1 is 1.25 bits per heavy atom. The van der Waals surface area contributed by atoms with E-state index < -0.39 is 11.6 Å². The Labute approximate surface area is 118 Å². The fourth-order valence-electron chi connectivity index (χ4n) is 2.63. The van der Waals surface area contributed by atoms with Crippen molar-refractivity contribution in [1.82, 2.24) is 4.90 Å². The van der Waals surface area contributed by atoms with E-state index in [4.69, 9.17) is 0 Å². The van der Waals surface area contributed by atoms with E-state index in [-0.39, 0.29) is 24.2 Å². The highest BCUT2D eigenvalue weighted by molar-refractivity contribution is 5.81. The number of nitrogens with zero attached hydrogens (tertiary/aromatic N) is 1. The molecule has 1 saturated carbocycles. The fraction of sp³-hybridized carbons (Fsp3) is 0.533. The number of carbonyl (C=O) groups is 1. The third kappa shape index (κ3) is 3.46. The third-order valence-electron chi connectivity index (χ3n) is 3.89. The maximum Gasteiger partial charge on any atom is 0.241 e. The molecule has 5 heteroatoms. The molecule has 3 nitrogen and oxygen atoms in total. The van der Waals surface area contributed by atoms with Crippen molar-refractivity contribution in [2.24, 2.45) is 0 Å². The van der Waals surface area contributed by atoms with E-state index in [1.165, 1.54) is 24.6 Å². The van der Waals surface area contributed by atoms with E-state index in [9.17, 15) is 13.6 Å². The summed E-state index contributed by atoms with van der Waals surface area (Å²) in [4.78, 5) is 13.8. The number of amides is 1. The van der Waals surface area contributed by atoms with Crippen LogP contribution in [0.25, 0.3) is 0 Å². The van der Waals surface area contributed by atoms with Crippen LogP contribution in [0.15, 0.2) is 18.2 Å². The lowest BCUT2D eigenvalue weighted by atomic mass is 9.94. The average molecular weight is 282 g/mol. The molecule has 0 heterocycles. The van der Waals surface area contributed by atoms with Gasteiger partial charge in [0.1, 0.15) is 17.3 Å². The first-order valence-electron chi connectivity index (χ1n) is 7.03. The van der Waals surface area contributed by atoms with Crippen molar-refractivity contribution in [3.8, 4) is 0 Å². The summed E-state index contributed by atoms with van der Waals surface area (Å²) in [5, 5.41) is 2.56. The summed E-state index contributed by atoms with van der Waals surface area (Å²) in [5.74, 6) is -1.50. The predicted octanol–water partition coefficient (Wildman–Crippen LogP) is 3.17. The molecule has 1 N–H and O–H groups in total. The molecule has 1 amide bonds. The molecule has 1 aromatic rings. The normalized spacial score (nSPS) is 15.9. The number of benzene rings is 1. The highest BCUT2D eigenvalue weighted by Crippen LogP contribution is 2.22. The monoisotopic (exact) mass is 282 g/mol. The fourth-order valence-corrected chi connectivity index (χ4v) is 2.63. The SMILES string of the molecule is CN(C(=O)CNc1c(F)cccc1F)C1CCCCC1. The van der Waals surface area contributed by atoms with Crippen LogP contribution in [-0.2, 0) is 4.79 Å². The lowest BCUT2D eigenvalue weighted by molar-refractivity contribution is -0.130. The number of halogens is 2. The van der Waals surface area contributed by atoms with Crippen LogP contribution in [0.5, 0.6) is 0 Å². The number of carbonyl (C=O) groups excluding carboxylic acids is 1. The standard InChI is InChI=1S/C15H20F2N2O/c1-19(11-6-3-2-4-7-11)14(20)10-18-15-12(16)8-5-9-13(15)17/h5,8-9,11,18H,2-4,6-7,10H2,1H3. The zero-order valence-electron chi connectivity index (χ0n) is 11.7. The Bertz CT molecular complexity index is 453. The van der Waals surface area contributed by atoms with Crippen molar-refractivity contribution in [2.45, 2.75) is 38.1 Å². The van der Waals surface area contributed by atoms with Crippen LogP contribution in [0.2, 0.25) is 0 Å². The van der Waals surface area contributed by atoms with Gasteiger partial charge in [0.25, 0.3) is 0 Å². The van der Waals surface area contributed by atoms with E-state index in [2.05, 4.69) is 5.32 Å². The molecule has 0 aromatic heterocycles. The highest BCUT2D eigenvalue weighted by Gasteiger charge is 2.22. The van der Waals surface area contributed by atoms with Gasteiger partial charge in [-0.1, -0.05) is 25.3 Å². The molecule has 1 aliphatic carbocycles. The van der Waals surface area contributed by atoms with Crippen molar-refractivity contribution in [2.75, 3.05) is 18.9 Å². The van der Waals surface area contributed by atoms with Crippen LogP contribution in [0.4, 0.5) is 14.5 Å². The molecule has 110 valence electrons. The first-order valence-corrected chi connectivity index (χ1v) is 7.03. The molecule has 1 aliphatic rings. The van der Waals surface area contributed by atoms with Crippen molar-refractivity contribution in [3.63, 3.8) is 0 Å². The van der Waals surface area contributed by atoms with Crippen molar-refractivity contribution in [1.29, 1.82) is 0 Å². The van der Waals surface area contributed by atoms with Crippen LogP contribution in [0.3, 0.4) is 0 Å². The van der Waals surface area contributed by atoms with Gasteiger partial charge in [-0.25, -0.2) is 8.78 Å². The molecule has 0 saturated heterocycles. The smallest absolute Gasteiger partial charge is 0.241 e. The minimum atomic E-state index is -0.682. The second-order valence-electron chi connectivity index (χ2n) is 5.25. The minimum Gasteiger partial charge on any atom is -0.371 e. The molecule has 1 aromatic carbocycles. The van der Waals surface area contributed by atoms with Crippen molar-refractivity contribution in [3.05, 3.63) is 29.8 Å². The van der Waals surface area contributed by atoms with Gasteiger partial charge in [0, 0.05) is 13.1 Å². The Balaban J connectivity index is 1.91. The highest BCUT2D eigenvalue weighted by atomic mass is 19.1. The zero-order chi connectivity index (χ0) is 14.5. The van der Waals surface area contributed by atoms with Gasteiger partial charge in [-0.05, 0) is 25.0 Å². The molecule has 0 atom stereocenters. The number of nitrogens with one attached hydrogen (secondary N) is 1. The van der Waals surface area contributed by atoms with Gasteiger partial charge in [-0.15, -0.1) is 0 Å². The van der Waals surface area contributed by atoms with Gasteiger partial charge in [-0.3, -0.25) is 4.79 Å². The molecule has 0 spiro atoms. The van der Waals surface area contributed by atoms with Crippen LogP contribution >= 0.6 is 0 Å². The summed E-state index contributed by atoms with van der Waals surface area (Å²) in [5.41, 5.74) is -0.238. The molecule has 2 rings (SSSR count). The zero-order valence-corrected chi connectivity index (χ0v) is 11.7. The molecule has 1 fully saturated rings. The molecule has 0 bridgehead atoms. The number of likely N-dealkylation sites (N-methyl/N-ethyl adjacent to an activating group) is 1. The quantitative estimate of drug-likeness (QED) is 0.920. The number of anilines is 1. The number of hydrogen-bond donors (Lipinski definition) is 1. The molecule has 0 unspecified atom stereocenters. The summed E-state index contributed by atoms with van der Waals surface area (Å²) < 4.78 is 26.9. The van der Waals surface area contributed by atoms with Crippen LogP contribution < -0.4 is 5.32 Å². The lowest BCUT2D eigenvalue weighted by Crippen LogP contribution is -2.41. The largest absolute Gasteiger partial charge is 0.371 e. The summed E-state index contributed by atoms with van der Waals surface area (Å²) >= 11 is 0. The third-order valence-corrected chi connectivity index (χ3v) is 3.89. The number of hydrogen-bond acceptors (Lipinski definition) is 2. The van der Waals surface area contributed by atoms with Gasteiger partial charge in [-0.2, -0.15) is 0 Å². The van der Waals surface area contributed by atoms with Crippen molar-refractivity contribution >= 4 is 11.6 Å². The van der Waals surface area contributed by atoms with Crippen LogP contribution in [-0.4, -0.2) is 30.4 Å². The van der Waals surface area contributed by atoms with Gasteiger partial charge in [0.15, 0.2) is 0 Å². The summed E-state index contributed by atoms with van der Waals surface area (Å²) in [6, 6.07) is 3.89. The van der Waals surface area contributed by atoms with Gasteiger partial charge >= 0.3 is 0 Å². The molecule has 0 radical (unpaired) electrons. The molecule has 20 heavy (non-hydrogen) atoms. The average Bonchev–Trinajstić information content (AvgIpc) is 2.46. The summed E-state index contributed by atoms with van der Waals surface area (Å²) in [7, 11) is 1.76. The Kier molecular flexibility index (Phi) is 4.93. The number of para-hydroxylation sites is 1. The van der Waals surface area contributed by atoms with E-state index in [1.807, 2.05) is 0 Å². The molecular weight excluding hydrogens is 262 g/mol. The van der Waals surface area contributed by atoms with Gasteiger partial charge in [0.05, 0.1) is 6.54 Å². The van der Waals surface area contributed by atoms with Crippen LogP contribution in [0, 0.1) is 11.6 Å². The number of rotatable bonds is 4. The van der Waals surface area contributed by atoms with Crippen molar-refractivity contribution < 1.29 is 13.6 Å². The maximum atomic E-state index is 13.4. The minimum absolute atomic E-state index is 0.0924. The summed E-state index contributed by atoms with van der Waals surface area (Å²) in [6.45, 7) is -0.0924. The molecular formula is C15H20F2N2O. The Hall–Kier alpha value is -1.65. The van der Waals surface area contributed by atoms with E-state index in [1.54, 1.807) is 11.9 Å². The van der Waals surface area contributed by atoms with Gasteiger partial charge in [0.2, 0.25) is 5.91 Å². The van der Waals surface area contributed by atoms with Crippen LogP contribution in [0.1, 0.15) is 32.1 Å². The second-order valence-corrected chi connectivity index (χ2v) is 5.25. The summed E-state index contributed by atoms with van der Waals surface area (Å²) in [6.07, 6.45) is 5.51. The maximum absolute atomic E-state index is 13.4. The van der Waals surface area contributed by atoms with Gasteiger partial charge < -0.3 is 10.2 Å². The van der Waals surface area contributed by atoms with E-state index >= 15 is 0 Å². The van der Waals surface area contributed by atoms with E-state index in [0.29, 0.717) is 0 Å². The first kappa shape index (κ1) is 14.8. The molecule has 0 aliphatic heterocycles. The van der Waals surface area contributed by atoms with E-state index in [0.717, 1.165) is 25.7 Å². The second kappa shape index (κ2) is 6.68. The lowest BCUT2D eigenvalue weighted by Gasteiger charge is -2.31. The Morgan fingerprint density at radius 3 is 2.45 bits per heavy atom. The topological polar surface area (TPSA) is 32.3 Å². The Morgan fingerprint density at radius 2 is 1.85 bits per heavy atom. The predicted molar refractivity (Wildman–Crippen MR) is 74.5 cm³/mol. The first-order chi connectivity index (χ1) is 9.59.